The molecule has 2 aromatic carbocycles. The first-order chi connectivity index (χ1) is 10.5. The van der Waals surface area contributed by atoms with Crippen LogP contribution in [0.1, 0.15) is 38.3 Å². The van der Waals surface area contributed by atoms with Gasteiger partial charge in [0.1, 0.15) is 0 Å². The van der Waals surface area contributed by atoms with Crippen molar-refractivity contribution in [1.29, 1.82) is 0 Å². The molecule has 1 aromatic heterocycles. The van der Waals surface area contributed by atoms with Gasteiger partial charge in [0.15, 0.2) is 0 Å². The summed E-state index contributed by atoms with van der Waals surface area (Å²) in [6.45, 7) is 7.94. The standard InChI is InChI=1S/C21H23N/c1-21(2,3)18-11-9-15(10-12-18)19-14-17-7-4-6-16-8-5-13-22(19)20(16)17/h4,6-7,9-12,14H,5,8,13H2,1-3H3. The molecule has 0 atom stereocenters. The van der Waals surface area contributed by atoms with Gasteiger partial charge in [-0.05, 0) is 41.0 Å². The van der Waals surface area contributed by atoms with Gasteiger partial charge < -0.3 is 4.57 Å². The SMILES string of the molecule is CC(C)(C)c1ccc(-c2cc3cccc4c3n2CCC4)cc1. The molecule has 22 heavy (non-hydrogen) atoms. The first-order valence-corrected chi connectivity index (χ1v) is 8.26. The monoisotopic (exact) mass is 289 g/mol. The van der Waals surface area contributed by atoms with Crippen LogP contribution in [-0.2, 0) is 18.4 Å². The molecule has 4 rings (SSSR count). The van der Waals surface area contributed by atoms with E-state index >= 15 is 0 Å². The highest BCUT2D eigenvalue weighted by atomic mass is 15.0. The second-order valence-electron chi connectivity index (χ2n) is 7.47. The van der Waals surface area contributed by atoms with Crippen molar-refractivity contribution >= 4 is 10.9 Å². The van der Waals surface area contributed by atoms with Gasteiger partial charge in [0.25, 0.3) is 0 Å². The normalized spacial score (nSPS) is 14.5. The molecule has 1 nitrogen and oxygen atoms in total. The van der Waals surface area contributed by atoms with E-state index in [9.17, 15) is 0 Å². The number of para-hydroxylation sites is 1. The number of nitrogens with zero attached hydrogens (tertiary/aromatic N) is 1. The Kier molecular flexibility index (Phi) is 2.94. The van der Waals surface area contributed by atoms with Gasteiger partial charge in [-0.2, -0.15) is 0 Å². The molecule has 0 fully saturated rings. The minimum atomic E-state index is 0.212. The molecular formula is C21H23N. The lowest BCUT2D eigenvalue weighted by Gasteiger charge is -2.20. The van der Waals surface area contributed by atoms with Crippen molar-refractivity contribution in [3.63, 3.8) is 0 Å². The Morgan fingerprint density at radius 2 is 1.73 bits per heavy atom. The summed E-state index contributed by atoms with van der Waals surface area (Å²) in [5, 5.41) is 1.38. The lowest BCUT2D eigenvalue weighted by Crippen LogP contribution is -2.11. The van der Waals surface area contributed by atoms with E-state index in [2.05, 4.69) is 73.9 Å². The molecule has 0 amide bonds. The van der Waals surface area contributed by atoms with Crippen LogP contribution in [0.5, 0.6) is 0 Å². The summed E-state index contributed by atoms with van der Waals surface area (Å²) in [6, 6.07) is 18.2. The third-order valence-electron chi connectivity index (χ3n) is 4.88. The lowest BCUT2D eigenvalue weighted by molar-refractivity contribution is 0.590. The molecule has 1 heteroatoms. The number of aryl methyl sites for hydroxylation is 2. The molecule has 0 bridgehead atoms. The van der Waals surface area contributed by atoms with Crippen LogP contribution in [0, 0.1) is 0 Å². The topological polar surface area (TPSA) is 4.93 Å². The van der Waals surface area contributed by atoms with Crippen molar-refractivity contribution < 1.29 is 0 Å². The van der Waals surface area contributed by atoms with E-state index in [1.807, 2.05) is 0 Å². The van der Waals surface area contributed by atoms with Gasteiger partial charge in [0.05, 0.1) is 5.52 Å². The van der Waals surface area contributed by atoms with Crippen LogP contribution >= 0.6 is 0 Å². The molecule has 1 aliphatic heterocycles. The van der Waals surface area contributed by atoms with Crippen LogP contribution in [0.3, 0.4) is 0 Å². The van der Waals surface area contributed by atoms with Crippen molar-refractivity contribution in [2.45, 2.75) is 45.6 Å². The van der Waals surface area contributed by atoms with E-state index < -0.39 is 0 Å². The van der Waals surface area contributed by atoms with E-state index in [1.165, 1.54) is 46.1 Å². The third-order valence-corrected chi connectivity index (χ3v) is 4.88. The Morgan fingerprint density at radius 3 is 2.45 bits per heavy atom. The Bertz CT molecular complexity index is 829. The molecule has 0 unspecified atom stereocenters. The van der Waals surface area contributed by atoms with Gasteiger partial charge in [0.2, 0.25) is 0 Å². The molecule has 0 aliphatic carbocycles. The van der Waals surface area contributed by atoms with Crippen LogP contribution in [0.2, 0.25) is 0 Å². The van der Waals surface area contributed by atoms with E-state index in [1.54, 1.807) is 0 Å². The average Bonchev–Trinajstić information content (AvgIpc) is 2.88. The minimum Gasteiger partial charge on any atom is -0.340 e. The number of aromatic nitrogens is 1. The van der Waals surface area contributed by atoms with Gasteiger partial charge >= 0.3 is 0 Å². The summed E-state index contributed by atoms with van der Waals surface area (Å²) >= 11 is 0. The maximum atomic E-state index is 2.51. The lowest BCUT2D eigenvalue weighted by atomic mass is 9.86. The zero-order chi connectivity index (χ0) is 15.3. The van der Waals surface area contributed by atoms with Crippen LogP contribution in [0.4, 0.5) is 0 Å². The Labute approximate surface area is 132 Å². The zero-order valence-corrected chi connectivity index (χ0v) is 13.7. The smallest absolute Gasteiger partial charge is 0.0517 e. The minimum absolute atomic E-state index is 0.212. The molecule has 2 heterocycles. The molecule has 3 aromatic rings. The second kappa shape index (κ2) is 4.74. The highest BCUT2D eigenvalue weighted by Gasteiger charge is 2.18. The fraction of sp³-hybridized carbons (Fsp3) is 0.333. The molecular weight excluding hydrogens is 266 g/mol. The molecule has 0 saturated heterocycles. The van der Waals surface area contributed by atoms with Gasteiger partial charge in [-0.15, -0.1) is 0 Å². The van der Waals surface area contributed by atoms with Gasteiger partial charge in [0, 0.05) is 17.6 Å². The molecule has 0 spiro atoms. The highest BCUT2D eigenvalue weighted by Crippen LogP contribution is 2.34. The first-order valence-electron chi connectivity index (χ1n) is 8.26. The van der Waals surface area contributed by atoms with Crippen LogP contribution in [0.25, 0.3) is 22.2 Å². The molecule has 0 saturated carbocycles. The van der Waals surface area contributed by atoms with Crippen LogP contribution < -0.4 is 0 Å². The Balaban J connectivity index is 1.87. The molecule has 1 aliphatic rings. The predicted molar refractivity (Wildman–Crippen MR) is 94.4 cm³/mol. The summed E-state index contributed by atoms with van der Waals surface area (Å²) in [4.78, 5) is 0. The average molecular weight is 289 g/mol. The second-order valence-corrected chi connectivity index (χ2v) is 7.47. The van der Waals surface area contributed by atoms with E-state index in [0.717, 1.165) is 6.54 Å². The van der Waals surface area contributed by atoms with Crippen molar-refractivity contribution in [2.75, 3.05) is 0 Å². The molecule has 112 valence electrons. The summed E-state index contributed by atoms with van der Waals surface area (Å²) in [6.07, 6.45) is 2.46. The van der Waals surface area contributed by atoms with E-state index in [4.69, 9.17) is 0 Å². The van der Waals surface area contributed by atoms with Gasteiger partial charge in [-0.25, -0.2) is 0 Å². The number of rotatable bonds is 1. The van der Waals surface area contributed by atoms with Crippen molar-refractivity contribution in [3.05, 3.63) is 59.7 Å². The van der Waals surface area contributed by atoms with E-state index in [-0.39, 0.29) is 5.41 Å². The largest absolute Gasteiger partial charge is 0.340 e. The summed E-state index contributed by atoms with van der Waals surface area (Å²) in [5.41, 5.74) is 7.25. The summed E-state index contributed by atoms with van der Waals surface area (Å²) < 4.78 is 2.51. The fourth-order valence-electron chi connectivity index (χ4n) is 3.64. The van der Waals surface area contributed by atoms with Crippen LogP contribution in [0.15, 0.2) is 48.5 Å². The maximum Gasteiger partial charge on any atom is 0.0517 e. The van der Waals surface area contributed by atoms with Gasteiger partial charge in [-0.3, -0.25) is 0 Å². The Morgan fingerprint density at radius 1 is 0.955 bits per heavy atom. The van der Waals surface area contributed by atoms with Crippen molar-refractivity contribution in [2.24, 2.45) is 0 Å². The van der Waals surface area contributed by atoms with Crippen molar-refractivity contribution in [3.8, 4) is 11.3 Å². The van der Waals surface area contributed by atoms with Crippen molar-refractivity contribution in [1.82, 2.24) is 4.57 Å². The quantitative estimate of drug-likeness (QED) is 0.553. The third kappa shape index (κ3) is 2.08. The fourth-order valence-corrected chi connectivity index (χ4v) is 3.64. The van der Waals surface area contributed by atoms with Crippen LogP contribution in [-0.4, -0.2) is 4.57 Å². The summed E-state index contributed by atoms with van der Waals surface area (Å²) in [5.74, 6) is 0. The maximum absolute atomic E-state index is 2.51. The highest BCUT2D eigenvalue weighted by molar-refractivity contribution is 5.90. The molecule has 0 N–H and O–H groups in total. The number of hydrogen-bond acceptors (Lipinski definition) is 0. The number of hydrogen-bond donors (Lipinski definition) is 0. The Hall–Kier alpha value is -2.02. The first kappa shape index (κ1) is 13.6. The van der Waals surface area contributed by atoms with Gasteiger partial charge in [-0.1, -0.05) is 63.2 Å². The zero-order valence-electron chi connectivity index (χ0n) is 13.7. The molecule has 0 radical (unpaired) electrons. The van der Waals surface area contributed by atoms with E-state index in [0.29, 0.717) is 0 Å². The summed E-state index contributed by atoms with van der Waals surface area (Å²) in [7, 11) is 0. The predicted octanol–water partition coefficient (Wildman–Crippen LogP) is 5.55. The number of benzene rings is 2.